The molecule has 0 aliphatic heterocycles. The molecule has 1 aromatic carbocycles. The van der Waals surface area contributed by atoms with Crippen LogP contribution in [0.4, 0.5) is 23.2 Å². The van der Waals surface area contributed by atoms with Crippen LogP contribution < -0.4 is 11.1 Å². The first-order valence-electron chi connectivity index (χ1n) is 4.80. The van der Waals surface area contributed by atoms with E-state index in [0.717, 1.165) is 12.1 Å². The molecule has 0 saturated heterocycles. The molecule has 3 N–H and O–H groups in total. The van der Waals surface area contributed by atoms with E-state index in [9.17, 15) is 22.4 Å². The molecule has 0 fully saturated rings. The lowest BCUT2D eigenvalue weighted by Gasteiger charge is -2.09. The van der Waals surface area contributed by atoms with E-state index < -0.39 is 30.9 Å². The minimum absolute atomic E-state index is 0.0175. The molecule has 1 amide bonds. The van der Waals surface area contributed by atoms with Gasteiger partial charge in [0.25, 0.3) is 5.91 Å². The number of amides is 1. The van der Waals surface area contributed by atoms with Gasteiger partial charge in [0.1, 0.15) is 5.82 Å². The average molecular weight is 329 g/mol. The Morgan fingerprint density at radius 1 is 1.39 bits per heavy atom. The monoisotopic (exact) mass is 328 g/mol. The van der Waals surface area contributed by atoms with Gasteiger partial charge in [-0.05, 0) is 28.1 Å². The van der Waals surface area contributed by atoms with Crippen molar-refractivity contribution in [3.05, 3.63) is 28.0 Å². The fraction of sp³-hybridized carbons (Fsp3) is 0.300. The molecule has 0 spiro atoms. The molecule has 1 rings (SSSR count). The Morgan fingerprint density at radius 3 is 2.56 bits per heavy atom. The van der Waals surface area contributed by atoms with E-state index in [2.05, 4.69) is 21.2 Å². The second-order valence-corrected chi connectivity index (χ2v) is 4.33. The van der Waals surface area contributed by atoms with Crippen molar-refractivity contribution in [2.45, 2.75) is 12.6 Å². The van der Waals surface area contributed by atoms with Crippen LogP contribution in [-0.4, -0.2) is 18.6 Å². The molecule has 0 radical (unpaired) electrons. The third kappa shape index (κ3) is 4.17. The Kier molecular flexibility index (Phi) is 4.55. The standard InChI is InChI=1S/C10H9BrF4N2O/c11-6-4-7(12)8(16)3-5(6)9(18)17-2-1-10(13,14)15/h3-4H,1-2,16H2,(H,17,18). The Balaban J connectivity index is 2.70. The molecular formula is C10H9BrF4N2O. The van der Waals surface area contributed by atoms with Gasteiger partial charge in [0.15, 0.2) is 0 Å². The predicted molar refractivity (Wildman–Crippen MR) is 61.5 cm³/mol. The number of nitrogen functional groups attached to an aromatic ring is 1. The van der Waals surface area contributed by atoms with Gasteiger partial charge >= 0.3 is 6.18 Å². The third-order valence-corrected chi connectivity index (χ3v) is 2.68. The molecule has 8 heteroatoms. The van der Waals surface area contributed by atoms with Gasteiger partial charge in [0.05, 0.1) is 17.7 Å². The normalized spacial score (nSPS) is 11.4. The van der Waals surface area contributed by atoms with Gasteiger partial charge in [-0.15, -0.1) is 0 Å². The largest absolute Gasteiger partial charge is 0.396 e. The quantitative estimate of drug-likeness (QED) is 0.662. The minimum atomic E-state index is -4.34. The first-order chi connectivity index (χ1) is 8.20. The second-order valence-electron chi connectivity index (χ2n) is 3.47. The van der Waals surface area contributed by atoms with E-state index in [4.69, 9.17) is 5.73 Å². The summed E-state index contributed by atoms with van der Waals surface area (Å²) in [5.41, 5.74) is 5.00. The van der Waals surface area contributed by atoms with Gasteiger partial charge in [-0.3, -0.25) is 4.79 Å². The average Bonchev–Trinajstić information content (AvgIpc) is 2.21. The highest BCUT2D eigenvalue weighted by Gasteiger charge is 2.26. The molecule has 0 atom stereocenters. The van der Waals surface area contributed by atoms with Crippen LogP contribution in [0.2, 0.25) is 0 Å². The zero-order valence-electron chi connectivity index (χ0n) is 8.94. The molecule has 1 aromatic rings. The maximum absolute atomic E-state index is 13.0. The molecule has 0 bridgehead atoms. The van der Waals surface area contributed by atoms with Crippen molar-refractivity contribution in [3.63, 3.8) is 0 Å². The summed E-state index contributed by atoms with van der Waals surface area (Å²) in [6, 6.07) is 2.04. The smallest absolute Gasteiger partial charge is 0.390 e. The number of nitrogens with two attached hydrogens (primary N) is 1. The summed E-state index contributed by atoms with van der Waals surface area (Å²) >= 11 is 2.93. The van der Waals surface area contributed by atoms with Crippen LogP contribution in [0, 0.1) is 5.82 Å². The molecule has 0 unspecified atom stereocenters. The van der Waals surface area contributed by atoms with Crippen LogP contribution in [0.3, 0.4) is 0 Å². The molecule has 18 heavy (non-hydrogen) atoms. The molecule has 0 aliphatic carbocycles. The van der Waals surface area contributed by atoms with E-state index in [0.29, 0.717) is 0 Å². The van der Waals surface area contributed by atoms with Gasteiger partial charge in [0.2, 0.25) is 0 Å². The minimum Gasteiger partial charge on any atom is -0.396 e. The lowest BCUT2D eigenvalue weighted by atomic mass is 10.2. The van der Waals surface area contributed by atoms with Crippen molar-refractivity contribution in [1.82, 2.24) is 5.32 Å². The van der Waals surface area contributed by atoms with E-state index >= 15 is 0 Å². The SMILES string of the molecule is Nc1cc(C(=O)NCCC(F)(F)F)c(Br)cc1F. The van der Waals surface area contributed by atoms with Crippen molar-refractivity contribution in [3.8, 4) is 0 Å². The van der Waals surface area contributed by atoms with Crippen molar-refractivity contribution < 1.29 is 22.4 Å². The van der Waals surface area contributed by atoms with E-state index in [1.165, 1.54) is 0 Å². The molecule has 0 aliphatic rings. The van der Waals surface area contributed by atoms with Gasteiger partial charge < -0.3 is 11.1 Å². The Morgan fingerprint density at radius 2 is 2.00 bits per heavy atom. The highest BCUT2D eigenvalue weighted by molar-refractivity contribution is 9.10. The number of carbonyl (C=O) groups is 1. The number of rotatable bonds is 3. The highest BCUT2D eigenvalue weighted by atomic mass is 79.9. The Bertz CT molecular complexity index is 462. The highest BCUT2D eigenvalue weighted by Crippen LogP contribution is 2.23. The van der Waals surface area contributed by atoms with E-state index in [1.807, 2.05) is 0 Å². The fourth-order valence-corrected chi connectivity index (χ4v) is 1.65. The molecule has 0 aromatic heterocycles. The number of hydrogen-bond acceptors (Lipinski definition) is 2. The summed E-state index contributed by atoms with van der Waals surface area (Å²) in [7, 11) is 0. The number of carbonyl (C=O) groups excluding carboxylic acids is 1. The summed E-state index contributed by atoms with van der Waals surface area (Å²) in [4.78, 5) is 11.5. The first kappa shape index (κ1) is 14.7. The summed E-state index contributed by atoms with van der Waals surface area (Å²) in [5, 5.41) is 2.08. The zero-order chi connectivity index (χ0) is 13.9. The lowest BCUT2D eigenvalue weighted by Crippen LogP contribution is -2.28. The number of halogens is 5. The molecule has 100 valence electrons. The maximum atomic E-state index is 13.0. The van der Waals surface area contributed by atoms with Crippen LogP contribution in [-0.2, 0) is 0 Å². The second kappa shape index (κ2) is 5.55. The van der Waals surface area contributed by atoms with Gasteiger partial charge in [0, 0.05) is 11.0 Å². The molecule has 0 saturated carbocycles. The topological polar surface area (TPSA) is 55.1 Å². The number of anilines is 1. The fourth-order valence-electron chi connectivity index (χ4n) is 1.15. The maximum Gasteiger partial charge on any atom is 0.390 e. The number of alkyl halides is 3. The predicted octanol–water partition coefficient (Wildman–Crippen LogP) is 2.85. The lowest BCUT2D eigenvalue weighted by molar-refractivity contribution is -0.132. The van der Waals surface area contributed by atoms with Gasteiger partial charge in [-0.2, -0.15) is 13.2 Å². The Labute approximate surface area is 108 Å². The summed E-state index contributed by atoms with van der Waals surface area (Å²) in [6.07, 6.45) is -5.47. The summed E-state index contributed by atoms with van der Waals surface area (Å²) in [5.74, 6) is -1.47. The van der Waals surface area contributed by atoms with Crippen molar-refractivity contribution in [2.24, 2.45) is 0 Å². The van der Waals surface area contributed by atoms with E-state index in [1.54, 1.807) is 0 Å². The van der Waals surface area contributed by atoms with Crippen LogP contribution in [0.25, 0.3) is 0 Å². The van der Waals surface area contributed by atoms with Gasteiger partial charge in [-0.1, -0.05) is 0 Å². The first-order valence-corrected chi connectivity index (χ1v) is 5.59. The van der Waals surface area contributed by atoms with Crippen molar-refractivity contribution >= 4 is 27.5 Å². The van der Waals surface area contributed by atoms with Crippen molar-refractivity contribution in [2.75, 3.05) is 12.3 Å². The van der Waals surface area contributed by atoms with Crippen LogP contribution >= 0.6 is 15.9 Å². The van der Waals surface area contributed by atoms with Crippen LogP contribution in [0.15, 0.2) is 16.6 Å². The molecular weight excluding hydrogens is 320 g/mol. The molecule has 0 heterocycles. The van der Waals surface area contributed by atoms with Crippen molar-refractivity contribution in [1.29, 1.82) is 0 Å². The molecule has 3 nitrogen and oxygen atoms in total. The van der Waals surface area contributed by atoms with E-state index in [-0.39, 0.29) is 15.7 Å². The van der Waals surface area contributed by atoms with Crippen LogP contribution in [0.1, 0.15) is 16.8 Å². The number of hydrogen-bond donors (Lipinski definition) is 2. The summed E-state index contributed by atoms with van der Waals surface area (Å²) < 4.78 is 48.7. The third-order valence-electron chi connectivity index (χ3n) is 2.03. The Hall–Kier alpha value is -1.31. The number of benzene rings is 1. The van der Waals surface area contributed by atoms with Gasteiger partial charge in [-0.25, -0.2) is 4.39 Å². The zero-order valence-corrected chi connectivity index (χ0v) is 10.5. The summed E-state index contributed by atoms with van der Waals surface area (Å²) in [6.45, 7) is -0.550. The number of nitrogens with one attached hydrogen (secondary N) is 1. The van der Waals surface area contributed by atoms with Crippen LogP contribution in [0.5, 0.6) is 0 Å².